The van der Waals surface area contributed by atoms with Crippen LogP contribution in [0.25, 0.3) is 11.0 Å². The third-order valence-corrected chi connectivity index (χ3v) is 4.35. The van der Waals surface area contributed by atoms with E-state index < -0.39 is 15.8 Å². The van der Waals surface area contributed by atoms with E-state index in [1.807, 2.05) is 0 Å². The average Bonchev–Trinajstić information content (AvgIpc) is 3.24. The van der Waals surface area contributed by atoms with Gasteiger partial charge in [-0.1, -0.05) is 0 Å². The number of ether oxygens (including phenoxy) is 1. The molecule has 164 valence electrons. The standard InChI is InChI=1S/C21H13N5O7/c27-21(19-10-14-9-15(25(28)29)3-7-18(14)33-19)24-23-11-13-1-5-17(6-2-13)32-20-8-4-16(12-22-20)26(30)31/h1-12H,(H,24,27)/b23-11-. The Balaban J connectivity index is 1.36. The molecule has 33 heavy (non-hydrogen) atoms. The van der Waals surface area contributed by atoms with Crippen molar-refractivity contribution in [1.82, 2.24) is 10.4 Å². The number of fused-ring (bicyclic) bond motifs is 1. The zero-order chi connectivity index (χ0) is 23.4. The molecule has 0 aliphatic rings. The van der Waals surface area contributed by atoms with E-state index in [2.05, 4.69) is 15.5 Å². The summed E-state index contributed by atoms with van der Waals surface area (Å²) in [6.45, 7) is 0. The Hall–Kier alpha value is -5.13. The lowest BCUT2D eigenvalue weighted by molar-refractivity contribution is -0.385. The van der Waals surface area contributed by atoms with Crippen molar-refractivity contribution in [3.63, 3.8) is 0 Å². The zero-order valence-corrected chi connectivity index (χ0v) is 16.6. The molecule has 1 amide bonds. The van der Waals surface area contributed by atoms with Gasteiger partial charge in [0.2, 0.25) is 5.88 Å². The van der Waals surface area contributed by atoms with Gasteiger partial charge in [-0.05, 0) is 42.0 Å². The van der Waals surface area contributed by atoms with E-state index >= 15 is 0 Å². The Labute approximate surface area is 184 Å². The number of nitrogens with zero attached hydrogens (tertiary/aromatic N) is 4. The van der Waals surface area contributed by atoms with Gasteiger partial charge in [0, 0.05) is 29.7 Å². The summed E-state index contributed by atoms with van der Waals surface area (Å²) in [6, 6.07) is 14.7. The molecule has 0 fully saturated rings. The SMILES string of the molecule is O=C(N/N=C\c1ccc(Oc2ccc([N+](=O)[O-])cn2)cc1)c1cc2cc([N+](=O)[O-])ccc2o1. The molecule has 1 N–H and O–H groups in total. The minimum absolute atomic E-state index is 0.0398. The normalized spacial score (nSPS) is 10.9. The van der Waals surface area contributed by atoms with Crippen molar-refractivity contribution in [2.75, 3.05) is 0 Å². The zero-order valence-electron chi connectivity index (χ0n) is 16.6. The van der Waals surface area contributed by atoms with Gasteiger partial charge in [0.1, 0.15) is 17.5 Å². The highest BCUT2D eigenvalue weighted by atomic mass is 16.6. The van der Waals surface area contributed by atoms with E-state index in [1.165, 1.54) is 42.6 Å². The lowest BCUT2D eigenvalue weighted by atomic mass is 10.2. The molecule has 0 radical (unpaired) electrons. The molecule has 4 aromatic rings. The highest BCUT2D eigenvalue weighted by Crippen LogP contribution is 2.24. The number of furan rings is 1. The van der Waals surface area contributed by atoms with Crippen LogP contribution in [0.4, 0.5) is 11.4 Å². The molecule has 0 bridgehead atoms. The molecule has 0 atom stereocenters. The first kappa shape index (κ1) is 21.1. The van der Waals surface area contributed by atoms with Crippen LogP contribution in [0.3, 0.4) is 0 Å². The summed E-state index contributed by atoms with van der Waals surface area (Å²) >= 11 is 0. The molecule has 12 nitrogen and oxygen atoms in total. The molecule has 2 aromatic carbocycles. The average molecular weight is 447 g/mol. The van der Waals surface area contributed by atoms with Gasteiger partial charge in [0.15, 0.2) is 5.76 Å². The smallest absolute Gasteiger partial charge is 0.307 e. The Morgan fingerprint density at radius 2 is 1.73 bits per heavy atom. The number of hydrazone groups is 1. The predicted octanol–water partition coefficient (Wildman–Crippen LogP) is 4.20. The van der Waals surface area contributed by atoms with Crippen LogP contribution in [0.2, 0.25) is 0 Å². The summed E-state index contributed by atoms with van der Waals surface area (Å²) in [5.74, 6) is -0.00403. The monoisotopic (exact) mass is 447 g/mol. The topological polar surface area (TPSA) is 163 Å². The third kappa shape index (κ3) is 4.96. The second-order valence-electron chi connectivity index (χ2n) is 6.57. The van der Waals surface area contributed by atoms with Crippen LogP contribution in [0, 0.1) is 20.2 Å². The van der Waals surface area contributed by atoms with Crippen LogP contribution in [-0.4, -0.2) is 27.0 Å². The number of nitro benzene ring substituents is 1. The summed E-state index contributed by atoms with van der Waals surface area (Å²) in [5, 5.41) is 25.8. The van der Waals surface area contributed by atoms with Crippen LogP contribution in [0.15, 0.2) is 76.4 Å². The number of non-ortho nitro benzene ring substituents is 1. The first-order valence-electron chi connectivity index (χ1n) is 9.29. The molecular weight excluding hydrogens is 434 g/mol. The number of aromatic nitrogens is 1. The minimum Gasteiger partial charge on any atom is -0.451 e. The van der Waals surface area contributed by atoms with Gasteiger partial charge in [-0.25, -0.2) is 10.4 Å². The molecule has 2 heterocycles. The van der Waals surface area contributed by atoms with Gasteiger partial charge in [0.05, 0.1) is 16.1 Å². The molecule has 12 heteroatoms. The van der Waals surface area contributed by atoms with Crippen LogP contribution < -0.4 is 10.2 Å². The lowest BCUT2D eigenvalue weighted by Crippen LogP contribution is -2.16. The van der Waals surface area contributed by atoms with Crippen LogP contribution in [0.1, 0.15) is 16.1 Å². The van der Waals surface area contributed by atoms with Gasteiger partial charge < -0.3 is 9.15 Å². The summed E-state index contributed by atoms with van der Waals surface area (Å²) in [7, 11) is 0. The predicted molar refractivity (Wildman–Crippen MR) is 115 cm³/mol. The van der Waals surface area contributed by atoms with E-state index in [0.29, 0.717) is 22.3 Å². The van der Waals surface area contributed by atoms with Crippen molar-refractivity contribution in [1.29, 1.82) is 0 Å². The number of benzene rings is 2. The molecule has 4 rings (SSSR count). The first-order valence-corrected chi connectivity index (χ1v) is 9.29. The molecular formula is C21H13N5O7. The summed E-state index contributed by atoms with van der Waals surface area (Å²) < 4.78 is 10.9. The lowest BCUT2D eigenvalue weighted by Gasteiger charge is -2.04. The van der Waals surface area contributed by atoms with Crippen LogP contribution in [-0.2, 0) is 0 Å². The van der Waals surface area contributed by atoms with Gasteiger partial charge >= 0.3 is 5.91 Å². The fourth-order valence-electron chi connectivity index (χ4n) is 2.76. The highest BCUT2D eigenvalue weighted by molar-refractivity contribution is 5.97. The van der Waals surface area contributed by atoms with Gasteiger partial charge in [-0.2, -0.15) is 5.10 Å². The van der Waals surface area contributed by atoms with Crippen molar-refractivity contribution in [3.8, 4) is 11.6 Å². The van der Waals surface area contributed by atoms with Gasteiger partial charge in [-0.15, -0.1) is 0 Å². The maximum absolute atomic E-state index is 12.2. The number of carbonyl (C=O) groups excluding carboxylic acids is 1. The Morgan fingerprint density at radius 1 is 1.00 bits per heavy atom. The molecule has 0 unspecified atom stereocenters. The van der Waals surface area contributed by atoms with Crippen molar-refractivity contribution < 1.29 is 23.8 Å². The molecule has 2 aromatic heterocycles. The van der Waals surface area contributed by atoms with Crippen molar-refractivity contribution in [2.24, 2.45) is 5.10 Å². The number of hydrogen-bond donors (Lipinski definition) is 1. The first-order chi connectivity index (χ1) is 15.9. The number of rotatable bonds is 7. The molecule has 0 spiro atoms. The minimum atomic E-state index is -0.616. The Morgan fingerprint density at radius 3 is 2.39 bits per heavy atom. The van der Waals surface area contributed by atoms with Crippen molar-refractivity contribution in [2.45, 2.75) is 0 Å². The number of amides is 1. The second kappa shape index (κ2) is 8.93. The maximum Gasteiger partial charge on any atom is 0.307 e. The van der Waals surface area contributed by atoms with Gasteiger partial charge in [0.25, 0.3) is 11.4 Å². The van der Waals surface area contributed by atoms with E-state index in [4.69, 9.17) is 9.15 Å². The maximum atomic E-state index is 12.2. The Kier molecular flexibility index (Phi) is 5.72. The summed E-state index contributed by atoms with van der Waals surface area (Å²) in [4.78, 5) is 36.5. The quantitative estimate of drug-likeness (QED) is 0.250. The summed E-state index contributed by atoms with van der Waals surface area (Å²) in [6.07, 6.45) is 2.50. The van der Waals surface area contributed by atoms with E-state index in [-0.39, 0.29) is 23.0 Å². The Bertz CT molecular complexity index is 1380. The number of pyridine rings is 1. The van der Waals surface area contributed by atoms with Crippen molar-refractivity contribution in [3.05, 3.63) is 98.4 Å². The van der Waals surface area contributed by atoms with Gasteiger partial charge in [-0.3, -0.25) is 25.0 Å². The van der Waals surface area contributed by atoms with E-state index in [1.54, 1.807) is 24.3 Å². The molecule has 0 aliphatic heterocycles. The summed E-state index contributed by atoms with van der Waals surface area (Å²) in [5.41, 5.74) is 3.07. The number of hydrogen-bond acceptors (Lipinski definition) is 9. The molecule has 0 saturated carbocycles. The fraction of sp³-hybridized carbons (Fsp3) is 0. The number of nitrogens with one attached hydrogen (secondary N) is 1. The number of nitro groups is 2. The van der Waals surface area contributed by atoms with Crippen molar-refractivity contribution >= 4 is 34.5 Å². The second-order valence-corrected chi connectivity index (χ2v) is 6.57. The van der Waals surface area contributed by atoms with E-state index in [9.17, 15) is 25.0 Å². The molecule has 0 saturated heterocycles. The third-order valence-electron chi connectivity index (χ3n) is 4.35. The van der Waals surface area contributed by atoms with Crippen LogP contribution >= 0.6 is 0 Å². The molecule has 0 aliphatic carbocycles. The fourth-order valence-corrected chi connectivity index (χ4v) is 2.76. The van der Waals surface area contributed by atoms with E-state index in [0.717, 1.165) is 6.20 Å². The highest BCUT2D eigenvalue weighted by Gasteiger charge is 2.14. The largest absolute Gasteiger partial charge is 0.451 e. The van der Waals surface area contributed by atoms with Crippen LogP contribution in [0.5, 0.6) is 11.6 Å². The number of carbonyl (C=O) groups is 1.